The van der Waals surface area contributed by atoms with E-state index < -0.39 is 0 Å². The van der Waals surface area contributed by atoms with E-state index in [1.54, 1.807) is 0 Å². The van der Waals surface area contributed by atoms with Crippen molar-refractivity contribution in [3.8, 4) is 0 Å². The van der Waals surface area contributed by atoms with Gasteiger partial charge in [0.05, 0.1) is 6.17 Å². The molecule has 0 aromatic heterocycles. The lowest BCUT2D eigenvalue weighted by Gasteiger charge is -1.76. The molecule has 0 bridgehead atoms. The first-order valence-electron chi connectivity index (χ1n) is 1.76. The first-order valence-corrected chi connectivity index (χ1v) is 1.76. The summed E-state index contributed by atoms with van der Waals surface area (Å²) in [7, 11) is 2.00. The van der Waals surface area contributed by atoms with Crippen LogP contribution in [0.3, 0.4) is 0 Å². The quantitative estimate of drug-likeness (QED) is 0.380. The highest BCUT2D eigenvalue weighted by Gasteiger charge is 2.23. The van der Waals surface area contributed by atoms with Gasteiger partial charge in [-0.05, 0) is 7.05 Å². The monoisotopic (exact) mass is 72.1 g/mol. The minimum absolute atomic E-state index is 0.384. The molecular weight excluding hydrogens is 64.0 g/mol. The molecule has 0 aromatic carbocycles. The molecule has 0 aliphatic carbocycles. The SMILES string of the molecule is CN1CC1N. The Morgan fingerprint density at radius 3 is 2.20 bits per heavy atom. The third-order valence-corrected chi connectivity index (χ3v) is 0.908. The molecule has 0 saturated carbocycles. The van der Waals surface area contributed by atoms with Gasteiger partial charge in [-0.25, -0.2) is 0 Å². The number of rotatable bonds is 0. The standard InChI is InChI=1S/C3H8N2/c1-5-2-3(5)4/h3H,2,4H2,1H3. The van der Waals surface area contributed by atoms with Crippen molar-refractivity contribution >= 4 is 0 Å². The first kappa shape index (κ1) is 3.12. The Balaban J connectivity index is 2.20. The fourth-order valence-electron chi connectivity index (χ4n) is 0.248. The van der Waals surface area contributed by atoms with Crippen LogP contribution in [-0.2, 0) is 0 Å². The maximum Gasteiger partial charge on any atom is 0.0701 e. The Hall–Kier alpha value is -0.0800. The van der Waals surface area contributed by atoms with E-state index in [2.05, 4.69) is 4.90 Å². The molecule has 1 fully saturated rings. The van der Waals surface area contributed by atoms with Gasteiger partial charge >= 0.3 is 0 Å². The minimum atomic E-state index is 0.384. The average Bonchev–Trinajstić information content (AvgIpc) is 1.79. The van der Waals surface area contributed by atoms with E-state index >= 15 is 0 Å². The summed E-state index contributed by atoms with van der Waals surface area (Å²) in [5.74, 6) is 0. The van der Waals surface area contributed by atoms with Crippen molar-refractivity contribution in [2.75, 3.05) is 13.6 Å². The Morgan fingerprint density at radius 1 is 2.00 bits per heavy atom. The third-order valence-electron chi connectivity index (χ3n) is 0.908. The van der Waals surface area contributed by atoms with Crippen molar-refractivity contribution in [3.05, 3.63) is 0 Å². The largest absolute Gasteiger partial charge is 0.315 e. The summed E-state index contributed by atoms with van der Waals surface area (Å²) >= 11 is 0. The van der Waals surface area contributed by atoms with Crippen LogP contribution in [-0.4, -0.2) is 24.7 Å². The molecule has 1 aliphatic rings. The number of nitrogens with zero attached hydrogens (tertiary/aromatic N) is 1. The zero-order valence-corrected chi connectivity index (χ0v) is 3.31. The van der Waals surface area contributed by atoms with E-state index in [4.69, 9.17) is 5.73 Å². The van der Waals surface area contributed by atoms with Crippen LogP contribution in [0.15, 0.2) is 0 Å². The maximum atomic E-state index is 5.29. The van der Waals surface area contributed by atoms with E-state index in [9.17, 15) is 0 Å². The fourth-order valence-corrected chi connectivity index (χ4v) is 0.248. The van der Waals surface area contributed by atoms with E-state index in [1.165, 1.54) is 0 Å². The lowest BCUT2D eigenvalue weighted by molar-refractivity contribution is 0.626. The highest BCUT2D eigenvalue weighted by molar-refractivity contribution is 4.77. The van der Waals surface area contributed by atoms with Gasteiger partial charge in [0.15, 0.2) is 0 Å². The van der Waals surface area contributed by atoms with Gasteiger partial charge in [0.25, 0.3) is 0 Å². The smallest absolute Gasteiger partial charge is 0.0701 e. The molecule has 5 heavy (non-hydrogen) atoms. The molecule has 30 valence electrons. The van der Waals surface area contributed by atoms with Gasteiger partial charge in [-0.1, -0.05) is 0 Å². The number of hydrogen-bond acceptors (Lipinski definition) is 2. The van der Waals surface area contributed by atoms with Gasteiger partial charge in [-0.2, -0.15) is 0 Å². The molecular formula is C3H8N2. The van der Waals surface area contributed by atoms with Crippen LogP contribution in [0.1, 0.15) is 0 Å². The summed E-state index contributed by atoms with van der Waals surface area (Å²) in [6, 6.07) is 0. The summed E-state index contributed by atoms with van der Waals surface area (Å²) in [5.41, 5.74) is 5.29. The van der Waals surface area contributed by atoms with Crippen LogP contribution < -0.4 is 5.73 Å². The summed E-state index contributed by atoms with van der Waals surface area (Å²) in [6.07, 6.45) is 0.384. The molecule has 1 saturated heterocycles. The molecule has 2 nitrogen and oxygen atoms in total. The zero-order chi connectivity index (χ0) is 3.86. The van der Waals surface area contributed by atoms with Crippen molar-refractivity contribution in [1.29, 1.82) is 0 Å². The normalized spacial score (nSPS) is 49.2. The summed E-state index contributed by atoms with van der Waals surface area (Å²) in [4.78, 5) is 2.07. The van der Waals surface area contributed by atoms with Crippen LogP contribution in [0, 0.1) is 0 Å². The van der Waals surface area contributed by atoms with Crippen LogP contribution in [0.25, 0.3) is 0 Å². The fraction of sp³-hybridized carbons (Fsp3) is 1.00. The molecule has 0 amide bonds. The third kappa shape index (κ3) is 0.412. The van der Waals surface area contributed by atoms with E-state index in [0.717, 1.165) is 6.54 Å². The van der Waals surface area contributed by atoms with Gasteiger partial charge in [-0.3, -0.25) is 4.90 Å². The van der Waals surface area contributed by atoms with E-state index in [-0.39, 0.29) is 0 Å². The zero-order valence-electron chi connectivity index (χ0n) is 3.31. The molecule has 1 aliphatic heterocycles. The Labute approximate surface area is 31.6 Å². The topological polar surface area (TPSA) is 29.0 Å². The second-order valence-electron chi connectivity index (χ2n) is 1.51. The van der Waals surface area contributed by atoms with Gasteiger partial charge in [0.2, 0.25) is 0 Å². The molecule has 0 aromatic rings. The van der Waals surface area contributed by atoms with Crippen molar-refractivity contribution in [3.63, 3.8) is 0 Å². The Bertz CT molecular complexity index is 38.2. The second-order valence-corrected chi connectivity index (χ2v) is 1.51. The Kier molecular flexibility index (Phi) is 0.436. The van der Waals surface area contributed by atoms with E-state index in [1.807, 2.05) is 7.05 Å². The predicted octanol–water partition coefficient (Wildman–Crippen LogP) is -0.783. The minimum Gasteiger partial charge on any atom is -0.315 e. The van der Waals surface area contributed by atoms with Gasteiger partial charge in [0.1, 0.15) is 0 Å². The van der Waals surface area contributed by atoms with Crippen molar-refractivity contribution in [2.24, 2.45) is 5.73 Å². The molecule has 2 N–H and O–H groups in total. The van der Waals surface area contributed by atoms with Crippen molar-refractivity contribution in [1.82, 2.24) is 4.90 Å². The summed E-state index contributed by atoms with van der Waals surface area (Å²) in [5, 5.41) is 0. The molecule has 2 atom stereocenters. The lowest BCUT2D eigenvalue weighted by Crippen LogP contribution is -2.05. The second kappa shape index (κ2) is 0.698. The molecule has 2 heteroatoms. The lowest BCUT2D eigenvalue weighted by atomic mass is 10.8. The van der Waals surface area contributed by atoms with E-state index in [0.29, 0.717) is 6.17 Å². The van der Waals surface area contributed by atoms with Crippen LogP contribution in [0.2, 0.25) is 0 Å². The molecule has 2 unspecified atom stereocenters. The summed E-state index contributed by atoms with van der Waals surface area (Å²) in [6.45, 7) is 1.08. The molecule has 0 spiro atoms. The first-order chi connectivity index (χ1) is 2.30. The van der Waals surface area contributed by atoms with Crippen LogP contribution >= 0.6 is 0 Å². The molecule has 1 heterocycles. The van der Waals surface area contributed by atoms with Gasteiger partial charge in [-0.15, -0.1) is 0 Å². The Morgan fingerprint density at radius 2 is 2.20 bits per heavy atom. The molecule has 1 rings (SSSR count). The van der Waals surface area contributed by atoms with Gasteiger partial charge < -0.3 is 5.73 Å². The predicted molar refractivity (Wildman–Crippen MR) is 20.6 cm³/mol. The van der Waals surface area contributed by atoms with Crippen molar-refractivity contribution in [2.45, 2.75) is 6.17 Å². The number of nitrogens with two attached hydrogens (primary N) is 1. The molecule has 0 radical (unpaired) electrons. The maximum absolute atomic E-state index is 5.29. The van der Waals surface area contributed by atoms with Crippen molar-refractivity contribution < 1.29 is 0 Å². The number of hydrogen-bond donors (Lipinski definition) is 1. The van der Waals surface area contributed by atoms with Gasteiger partial charge in [0, 0.05) is 6.54 Å². The number of likely N-dealkylation sites (N-methyl/N-ethyl adjacent to an activating group) is 1. The van der Waals surface area contributed by atoms with Crippen LogP contribution in [0.5, 0.6) is 0 Å². The highest BCUT2D eigenvalue weighted by atomic mass is 15.3. The summed E-state index contributed by atoms with van der Waals surface area (Å²) < 4.78 is 0. The van der Waals surface area contributed by atoms with Crippen LogP contribution in [0.4, 0.5) is 0 Å². The average molecular weight is 72.1 g/mol. The highest BCUT2D eigenvalue weighted by Crippen LogP contribution is 2.03.